The van der Waals surface area contributed by atoms with E-state index >= 15 is 0 Å². The maximum Gasteiger partial charge on any atom is 0.341 e. The SMILES string of the molecule is O=C(c1cc(F)ccc1F)C1CCN(c2ccccc2S(=O)(=O)C(F)F)CC1. The first kappa shape index (κ1) is 20.3. The summed E-state index contributed by atoms with van der Waals surface area (Å²) in [6, 6.07) is 8.13. The fourth-order valence-corrected chi connectivity index (χ4v) is 4.29. The van der Waals surface area contributed by atoms with E-state index in [0.29, 0.717) is 0 Å². The van der Waals surface area contributed by atoms with Gasteiger partial charge in [-0.1, -0.05) is 12.1 Å². The first-order valence-corrected chi connectivity index (χ1v) is 10.1. The fraction of sp³-hybridized carbons (Fsp3) is 0.316. The number of piperidine rings is 1. The van der Waals surface area contributed by atoms with Crippen LogP contribution in [-0.2, 0) is 9.84 Å². The highest BCUT2D eigenvalue weighted by Crippen LogP contribution is 2.33. The average Bonchev–Trinajstić information content (AvgIpc) is 2.69. The lowest BCUT2D eigenvalue weighted by molar-refractivity contribution is 0.0895. The monoisotopic (exact) mass is 415 g/mol. The predicted octanol–water partition coefficient (Wildman–Crippen LogP) is 4.06. The number of anilines is 1. The molecular formula is C19H17F4NO3S. The Hall–Kier alpha value is -2.42. The van der Waals surface area contributed by atoms with Crippen molar-refractivity contribution < 1.29 is 30.8 Å². The number of sulfone groups is 1. The minimum absolute atomic E-state index is 0.144. The highest BCUT2D eigenvalue weighted by atomic mass is 32.2. The predicted molar refractivity (Wildman–Crippen MR) is 95.3 cm³/mol. The van der Waals surface area contributed by atoms with Crippen molar-refractivity contribution in [3.63, 3.8) is 0 Å². The zero-order chi connectivity index (χ0) is 20.5. The van der Waals surface area contributed by atoms with Gasteiger partial charge in [-0.2, -0.15) is 8.78 Å². The topological polar surface area (TPSA) is 54.5 Å². The molecular weight excluding hydrogens is 398 g/mol. The fourth-order valence-electron chi connectivity index (χ4n) is 3.34. The zero-order valence-electron chi connectivity index (χ0n) is 14.6. The third-order valence-electron chi connectivity index (χ3n) is 4.81. The molecule has 0 saturated carbocycles. The molecule has 9 heteroatoms. The number of para-hydroxylation sites is 1. The average molecular weight is 415 g/mol. The van der Waals surface area contributed by atoms with Crippen molar-refractivity contribution in [1.82, 2.24) is 0 Å². The number of hydrogen-bond acceptors (Lipinski definition) is 4. The number of hydrogen-bond donors (Lipinski definition) is 0. The minimum Gasteiger partial charge on any atom is -0.370 e. The molecule has 0 unspecified atom stereocenters. The molecule has 2 aromatic carbocycles. The number of nitrogens with zero attached hydrogens (tertiary/aromatic N) is 1. The maximum absolute atomic E-state index is 13.8. The molecule has 28 heavy (non-hydrogen) atoms. The summed E-state index contributed by atoms with van der Waals surface area (Å²) in [5, 5.41) is 0. The Morgan fingerprint density at radius 2 is 1.68 bits per heavy atom. The Labute approximate surface area is 159 Å². The van der Waals surface area contributed by atoms with Crippen molar-refractivity contribution in [1.29, 1.82) is 0 Å². The molecule has 0 aromatic heterocycles. The molecule has 0 spiro atoms. The lowest BCUT2D eigenvalue weighted by Crippen LogP contribution is -2.37. The molecule has 1 aliphatic heterocycles. The highest BCUT2D eigenvalue weighted by molar-refractivity contribution is 7.91. The lowest BCUT2D eigenvalue weighted by atomic mass is 9.88. The van der Waals surface area contributed by atoms with Gasteiger partial charge in [0.1, 0.15) is 11.6 Å². The molecule has 2 aromatic rings. The molecule has 0 N–H and O–H groups in total. The second-order valence-corrected chi connectivity index (χ2v) is 8.41. The maximum atomic E-state index is 13.8. The van der Waals surface area contributed by atoms with Gasteiger partial charge in [0.25, 0.3) is 0 Å². The Morgan fingerprint density at radius 1 is 1.04 bits per heavy atom. The number of Topliss-reactive ketones (excluding diaryl/α,β-unsaturated/α-hetero) is 1. The molecule has 1 fully saturated rings. The van der Waals surface area contributed by atoms with E-state index in [-0.39, 0.29) is 37.2 Å². The third kappa shape index (κ3) is 3.89. The Bertz CT molecular complexity index is 986. The van der Waals surface area contributed by atoms with Crippen molar-refractivity contribution in [3.05, 3.63) is 59.7 Å². The summed E-state index contributed by atoms with van der Waals surface area (Å²) in [5.74, 6) is -6.14. The molecule has 0 bridgehead atoms. The van der Waals surface area contributed by atoms with E-state index in [9.17, 15) is 30.8 Å². The Kier molecular flexibility index (Phi) is 5.74. The van der Waals surface area contributed by atoms with Gasteiger partial charge in [-0.05, 0) is 43.2 Å². The van der Waals surface area contributed by atoms with Crippen LogP contribution < -0.4 is 4.90 Å². The van der Waals surface area contributed by atoms with E-state index in [4.69, 9.17) is 0 Å². The van der Waals surface area contributed by atoms with Gasteiger partial charge >= 0.3 is 5.76 Å². The van der Waals surface area contributed by atoms with Crippen LogP contribution in [0.5, 0.6) is 0 Å². The van der Waals surface area contributed by atoms with Crippen LogP contribution in [-0.4, -0.2) is 33.0 Å². The van der Waals surface area contributed by atoms with E-state index in [1.165, 1.54) is 12.1 Å². The van der Waals surface area contributed by atoms with Crippen LogP contribution in [0.25, 0.3) is 0 Å². The van der Waals surface area contributed by atoms with Gasteiger partial charge in [-0.25, -0.2) is 17.2 Å². The smallest absolute Gasteiger partial charge is 0.341 e. The molecule has 0 atom stereocenters. The third-order valence-corrected chi connectivity index (χ3v) is 6.23. The van der Waals surface area contributed by atoms with Gasteiger partial charge in [0.15, 0.2) is 5.78 Å². The van der Waals surface area contributed by atoms with Crippen LogP contribution in [0.15, 0.2) is 47.4 Å². The van der Waals surface area contributed by atoms with Crippen LogP contribution >= 0.6 is 0 Å². The minimum atomic E-state index is -4.77. The number of carbonyl (C=O) groups excluding carboxylic acids is 1. The summed E-state index contributed by atoms with van der Waals surface area (Å²) < 4.78 is 76.9. The summed E-state index contributed by atoms with van der Waals surface area (Å²) >= 11 is 0. The normalized spacial score (nSPS) is 15.8. The van der Waals surface area contributed by atoms with E-state index < -0.39 is 43.8 Å². The number of ketones is 1. The van der Waals surface area contributed by atoms with Crippen LogP contribution in [0.3, 0.4) is 0 Å². The van der Waals surface area contributed by atoms with Crippen molar-refractivity contribution >= 4 is 21.3 Å². The Balaban J connectivity index is 1.78. The van der Waals surface area contributed by atoms with E-state index in [1.807, 2.05) is 0 Å². The molecule has 0 amide bonds. The lowest BCUT2D eigenvalue weighted by Gasteiger charge is -2.34. The highest BCUT2D eigenvalue weighted by Gasteiger charge is 2.33. The van der Waals surface area contributed by atoms with Crippen molar-refractivity contribution in [2.45, 2.75) is 23.5 Å². The van der Waals surface area contributed by atoms with Gasteiger partial charge in [-0.3, -0.25) is 4.79 Å². The number of benzene rings is 2. The molecule has 3 rings (SSSR count). The summed E-state index contributed by atoms with van der Waals surface area (Å²) in [6.07, 6.45) is 0.524. The van der Waals surface area contributed by atoms with Crippen LogP contribution in [0, 0.1) is 17.6 Å². The van der Waals surface area contributed by atoms with Gasteiger partial charge in [-0.15, -0.1) is 0 Å². The molecule has 4 nitrogen and oxygen atoms in total. The van der Waals surface area contributed by atoms with Gasteiger partial charge in [0.05, 0.1) is 16.1 Å². The first-order valence-electron chi connectivity index (χ1n) is 8.57. The molecule has 1 heterocycles. The second-order valence-electron chi connectivity index (χ2n) is 6.52. The molecule has 0 aliphatic carbocycles. The Morgan fingerprint density at radius 3 is 2.32 bits per heavy atom. The van der Waals surface area contributed by atoms with Crippen molar-refractivity contribution in [3.8, 4) is 0 Å². The molecule has 1 saturated heterocycles. The summed E-state index contributed by atoms with van der Waals surface area (Å²) in [4.78, 5) is 13.7. The zero-order valence-corrected chi connectivity index (χ0v) is 15.4. The first-order chi connectivity index (χ1) is 13.2. The molecule has 0 radical (unpaired) electrons. The number of rotatable bonds is 5. The van der Waals surface area contributed by atoms with Crippen LogP contribution in [0.4, 0.5) is 23.2 Å². The van der Waals surface area contributed by atoms with Gasteiger partial charge in [0, 0.05) is 19.0 Å². The number of alkyl halides is 2. The largest absolute Gasteiger partial charge is 0.370 e. The van der Waals surface area contributed by atoms with Gasteiger partial charge < -0.3 is 4.90 Å². The van der Waals surface area contributed by atoms with Gasteiger partial charge in [0.2, 0.25) is 9.84 Å². The van der Waals surface area contributed by atoms with E-state index in [0.717, 1.165) is 24.3 Å². The van der Waals surface area contributed by atoms with Crippen LogP contribution in [0.1, 0.15) is 23.2 Å². The summed E-state index contributed by atoms with van der Waals surface area (Å²) in [7, 11) is -4.77. The van der Waals surface area contributed by atoms with Crippen molar-refractivity contribution in [2.24, 2.45) is 5.92 Å². The molecule has 150 valence electrons. The van der Waals surface area contributed by atoms with Crippen molar-refractivity contribution in [2.75, 3.05) is 18.0 Å². The number of carbonyl (C=O) groups is 1. The van der Waals surface area contributed by atoms with Crippen LogP contribution in [0.2, 0.25) is 0 Å². The van der Waals surface area contributed by atoms with E-state index in [2.05, 4.69) is 0 Å². The summed E-state index contributed by atoms with van der Waals surface area (Å²) in [5.41, 5.74) is -0.176. The quantitative estimate of drug-likeness (QED) is 0.546. The molecule has 1 aliphatic rings. The summed E-state index contributed by atoms with van der Waals surface area (Å²) in [6.45, 7) is 0.451. The van der Waals surface area contributed by atoms with E-state index in [1.54, 1.807) is 11.0 Å². The number of halogens is 4. The second kappa shape index (κ2) is 7.90. The standard InChI is InChI=1S/C19H17F4NO3S/c20-13-5-6-15(21)14(11-13)18(25)12-7-9-24(10-8-12)16-3-1-2-4-17(16)28(26,27)19(22)23/h1-6,11-12,19H,7-10H2.